The molecule has 1 atom stereocenters. The maximum atomic E-state index is 3.63. The summed E-state index contributed by atoms with van der Waals surface area (Å²) in [7, 11) is 0. The zero-order chi connectivity index (χ0) is 12.8. The minimum atomic E-state index is 0.760. The van der Waals surface area contributed by atoms with E-state index < -0.39 is 0 Å². The first kappa shape index (κ1) is 14.3. The first-order valence-electron chi connectivity index (χ1n) is 8.27. The summed E-state index contributed by atoms with van der Waals surface area (Å²) in [5.74, 6) is 2.03. The molecule has 106 valence electrons. The van der Waals surface area contributed by atoms with Crippen LogP contribution in [-0.4, -0.2) is 37.1 Å². The Hall–Kier alpha value is -0.0800. The van der Waals surface area contributed by atoms with E-state index in [4.69, 9.17) is 0 Å². The zero-order valence-electron chi connectivity index (χ0n) is 12.5. The van der Waals surface area contributed by atoms with Gasteiger partial charge in [0.2, 0.25) is 0 Å². The molecule has 0 bridgehead atoms. The van der Waals surface area contributed by atoms with Gasteiger partial charge in [0.15, 0.2) is 0 Å². The van der Waals surface area contributed by atoms with Crippen molar-refractivity contribution in [1.82, 2.24) is 10.2 Å². The van der Waals surface area contributed by atoms with E-state index in [2.05, 4.69) is 24.1 Å². The minimum absolute atomic E-state index is 0.760. The lowest BCUT2D eigenvalue weighted by molar-refractivity contribution is 0.139. The van der Waals surface area contributed by atoms with E-state index in [1.165, 1.54) is 64.6 Å². The van der Waals surface area contributed by atoms with E-state index in [9.17, 15) is 0 Å². The van der Waals surface area contributed by atoms with Crippen molar-refractivity contribution in [3.05, 3.63) is 0 Å². The van der Waals surface area contributed by atoms with E-state index in [1.54, 1.807) is 0 Å². The zero-order valence-corrected chi connectivity index (χ0v) is 12.5. The summed E-state index contributed by atoms with van der Waals surface area (Å²) in [5, 5.41) is 3.63. The van der Waals surface area contributed by atoms with Crippen LogP contribution in [0, 0.1) is 11.8 Å². The molecule has 2 rings (SSSR count). The van der Waals surface area contributed by atoms with Gasteiger partial charge in [0.25, 0.3) is 0 Å². The molecule has 0 aromatic heterocycles. The Bertz CT molecular complexity index is 219. The van der Waals surface area contributed by atoms with Gasteiger partial charge in [-0.2, -0.15) is 0 Å². The van der Waals surface area contributed by atoms with Crippen molar-refractivity contribution >= 4 is 0 Å². The van der Waals surface area contributed by atoms with E-state index in [0.717, 1.165) is 24.4 Å². The van der Waals surface area contributed by atoms with Crippen LogP contribution in [0.5, 0.6) is 0 Å². The maximum Gasteiger partial charge on any atom is 0.0195 e. The molecule has 0 spiro atoms. The number of nitrogens with zero attached hydrogens (tertiary/aromatic N) is 1. The number of rotatable bonds is 5. The Morgan fingerprint density at radius 2 is 1.72 bits per heavy atom. The normalized spacial score (nSPS) is 34.7. The molecular formula is C16H32N2. The molecule has 0 amide bonds. The van der Waals surface area contributed by atoms with E-state index in [0.29, 0.717) is 0 Å². The van der Waals surface area contributed by atoms with Crippen LogP contribution >= 0.6 is 0 Å². The molecule has 0 radical (unpaired) electrons. The van der Waals surface area contributed by atoms with Crippen molar-refractivity contribution < 1.29 is 0 Å². The highest BCUT2D eigenvalue weighted by molar-refractivity contribution is 4.81. The fourth-order valence-corrected chi connectivity index (χ4v) is 3.86. The fourth-order valence-electron chi connectivity index (χ4n) is 3.86. The second-order valence-electron chi connectivity index (χ2n) is 6.45. The molecule has 0 aromatic carbocycles. The van der Waals surface area contributed by atoms with Crippen molar-refractivity contribution in [2.75, 3.05) is 26.2 Å². The standard InChI is InChI=1S/C16H32N2/c1-3-14-7-9-15(10-8-14)12-18-11-5-6-16(13-18)17-4-2/h14-17H,3-13H2,1-2H3. The third-order valence-electron chi connectivity index (χ3n) is 5.06. The van der Waals surface area contributed by atoms with Crippen LogP contribution in [0.3, 0.4) is 0 Å². The highest BCUT2D eigenvalue weighted by Gasteiger charge is 2.25. The summed E-state index contributed by atoms with van der Waals surface area (Å²) >= 11 is 0. The summed E-state index contributed by atoms with van der Waals surface area (Å²) in [5.41, 5.74) is 0. The average Bonchev–Trinajstić information content (AvgIpc) is 2.40. The molecular weight excluding hydrogens is 220 g/mol. The molecule has 0 aromatic rings. The first-order valence-corrected chi connectivity index (χ1v) is 8.27. The van der Waals surface area contributed by atoms with Crippen molar-refractivity contribution in [2.24, 2.45) is 11.8 Å². The van der Waals surface area contributed by atoms with Crippen molar-refractivity contribution in [3.8, 4) is 0 Å². The third kappa shape index (κ3) is 4.24. The van der Waals surface area contributed by atoms with Gasteiger partial charge >= 0.3 is 0 Å². The summed E-state index contributed by atoms with van der Waals surface area (Å²) in [6.45, 7) is 9.72. The highest BCUT2D eigenvalue weighted by atomic mass is 15.2. The van der Waals surface area contributed by atoms with Crippen LogP contribution in [0.1, 0.15) is 58.8 Å². The Kier molecular flexibility index (Phi) is 5.97. The molecule has 2 heteroatoms. The van der Waals surface area contributed by atoms with Crippen LogP contribution < -0.4 is 5.32 Å². The van der Waals surface area contributed by atoms with E-state index >= 15 is 0 Å². The topological polar surface area (TPSA) is 15.3 Å². The summed E-state index contributed by atoms with van der Waals surface area (Å²) in [6, 6.07) is 0.760. The van der Waals surface area contributed by atoms with Gasteiger partial charge in [-0.3, -0.25) is 0 Å². The number of likely N-dealkylation sites (tertiary alicyclic amines) is 1. The van der Waals surface area contributed by atoms with E-state index in [1.807, 2.05) is 0 Å². The Morgan fingerprint density at radius 3 is 2.39 bits per heavy atom. The number of piperidine rings is 1. The van der Waals surface area contributed by atoms with Crippen LogP contribution in [-0.2, 0) is 0 Å². The smallest absolute Gasteiger partial charge is 0.0195 e. The lowest BCUT2D eigenvalue weighted by Crippen LogP contribution is -2.47. The highest BCUT2D eigenvalue weighted by Crippen LogP contribution is 2.31. The molecule has 1 saturated carbocycles. The van der Waals surface area contributed by atoms with Crippen molar-refractivity contribution in [1.29, 1.82) is 0 Å². The third-order valence-corrected chi connectivity index (χ3v) is 5.06. The van der Waals surface area contributed by atoms with Gasteiger partial charge in [-0.25, -0.2) is 0 Å². The molecule has 1 N–H and O–H groups in total. The van der Waals surface area contributed by atoms with E-state index in [-0.39, 0.29) is 0 Å². The van der Waals surface area contributed by atoms with Gasteiger partial charge in [0, 0.05) is 19.1 Å². The average molecular weight is 252 g/mol. The van der Waals surface area contributed by atoms with Gasteiger partial charge in [0.1, 0.15) is 0 Å². The lowest BCUT2D eigenvalue weighted by atomic mass is 9.80. The minimum Gasteiger partial charge on any atom is -0.313 e. The predicted octanol–water partition coefficient (Wildman–Crippen LogP) is 3.28. The van der Waals surface area contributed by atoms with Crippen molar-refractivity contribution in [3.63, 3.8) is 0 Å². The summed E-state index contributed by atoms with van der Waals surface area (Å²) in [6.07, 6.45) is 10.1. The van der Waals surface area contributed by atoms with Gasteiger partial charge in [-0.1, -0.05) is 33.1 Å². The van der Waals surface area contributed by atoms with Crippen LogP contribution in [0.4, 0.5) is 0 Å². The molecule has 2 nitrogen and oxygen atoms in total. The second-order valence-corrected chi connectivity index (χ2v) is 6.45. The van der Waals surface area contributed by atoms with Gasteiger partial charge in [-0.15, -0.1) is 0 Å². The maximum absolute atomic E-state index is 3.63. The lowest BCUT2D eigenvalue weighted by Gasteiger charge is -2.37. The van der Waals surface area contributed by atoms with Gasteiger partial charge in [-0.05, 0) is 50.6 Å². The molecule has 2 fully saturated rings. The molecule has 1 saturated heterocycles. The van der Waals surface area contributed by atoms with Gasteiger partial charge < -0.3 is 10.2 Å². The molecule has 1 heterocycles. The number of hydrogen-bond donors (Lipinski definition) is 1. The molecule has 1 aliphatic heterocycles. The Balaban J connectivity index is 1.69. The number of nitrogens with one attached hydrogen (secondary N) is 1. The van der Waals surface area contributed by atoms with Crippen LogP contribution in [0.25, 0.3) is 0 Å². The number of hydrogen-bond acceptors (Lipinski definition) is 2. The monoisotopic (exact) mass is 252 g/mol. The largest absolute Gasteiger partial charge is 0.313 e. The van der Waals surface area contributed by atoms with Gasteiger partial charge in [0.05, 0.1) is 0 Å². The Labute approximate surface area is 114 Å². The van der Waals surface area contributed by atoms with Crippen LogP contribution in [0.15, 0.2) is 0 Å². The van der Waals surface area contributed by atoms with Crippen molar-refractivity contribution in [2.45, 2.75) is 64.8 Å². The quantitative estimate of drug-likeness (QED) is 0.808. The molecule has 18 heavy (non-hydrogen) atoms. The predicted molar refractivity (Wildman–Crippen MR) is 78.9 cm³/mol. The number of likely N-dealkylation sites (N-methyl/N-ethyl adjacent to an activating group) is 1. The molecule has 1 unspecified atom stereocenters. The summed E-state index contributed by atoms with van der Waals surface area (Å²) in [4.78, 5) is 2.73. The molecule has 2 aliphatic rings. The first-order chi connectivity index (χ1) is 8.81. The fraction of sp³-hybridized carbons (Fsp3) is 1.00. The molecule has 1 aliphatic carbocycles. The SMILES string of the molecule is CCNC1CCCN(CC2CCC(CC)CC2)C1. The second kappa shape index (κ2) is 7.49. The van der Waals surface area contributed by atoms with Crippen LogP contribution in [0.2, 0.25) is 0 Å². The summed E-state index contributed by atoms with van der Waals surface area (Å²) < 4.78 is 0. The Morgan fingerprint density at radius 1 is 1.00 bits per heavy atom.